The third-order valence-electron chi connectivity index (χ3n) is 8.92. The van der Waals surface area contributed by atoms with Crippen molar-refractivity contribution in [2.75, 3.05) is 0 Å². The summed E-state index contributed by atoms with van der Waals surface area (Å²) in [5, 5.41) is 5.85. The first-order chi connectivity index (χ1) is 24.3. The number of benzene rings is 7. The SMILES string of the molecule is O.O=P(c1ccc(F)cc1)(c1ccc(F)cc1)c1ccc2c(c1)c1cc(P(c3ccc(F)cc3)c3ccc(F)cc3)ccc1n2-c1ccccc1. The second-order valence-electron chi connectivity index (χ2n) is 11.9. The Kier molecular flexibility index (Phi) is 9.22. The first kappa shape index (κ1) is 34.1. The van der Waals surface area contributed by atoms with E-state index in [-0.39, 0.29) is 17.1 Å². The summed E-state index contributed by atoms with van der Waals surface area (Å²) in [5.74, 6) is -1.59. The summed E-state index contributed by atoms with van der Waals surface area (Å²) in [7, 11) is -4.83. The highest BCUT2D eigenvalue weighted by molar-refractivity contribution is 7.85. The lowest BCUT2D eigenvalue weighted by atomic mass is 10.1. The van der Waals surface area contributed by atoms with E-state index in [4.69, 9.17) is 0 Å². The van der Waals surface area contributed by atoms with Gasteiger partial charge in [0.25, 0.3) is 0 Å². The number of aromatic nitrogens is 1. The van der Waals surface area contributed by atoms with E-state index in [1.807, 2.05) is 48.5 Å². The molecule has 0 saturated heterocycles. The highest BCUT2D eigenvalue weighted by atomic mass is 31.2. The lowest BCUT2D eigenvalue weighted by Gasteiger charge is -2.20. The molecule has 0 amide bonds. The van der Waals surface area contributed by atoms with Crippen LogP contribution < -0.4 is 31.8 Å². The number of hydrogen-bond donors (Lipinski definition) is 0. The first-order valence-corrected chi connectivity index (χ1v) is 18.9. The van der Waals surface area contributed by atoms with Crippen molar-refractivity contribution in [3.8, 4) is 5.69 Å². The van der Waals surface area contributed by atoms with Crippen LogP contribution >= 0.6 is 15.1 Å². The van der Waals surface area contributed by atoms with Crippen molar-refractivity contribution in [3.05, 3.63) is 187 Å². The van der Waals surface area contributed by atoms with Crippen LogP contribution in [0, 0.1) is 23.3 Å². The van der Waals surface area contributed by atoms with Crippen molar-refractivity contribution >= 4 is 68.7 Å². The highest BCUT2D eigenvalue weighted by Crippen LogP contribution is 2.44. The van der Waals surface area contributed by atoms with Crippen LogP contribution in [0.25, 0.3) is 27.5 Å². The van der Waals surface area contributed by atoms with Crippen LogP contribution in [0.2, 0.25) is 0 Å². The second kappa shape index (κ2) is 13.8. The average Bonchev–Trinajstić information content (AvgIpc) is 3.47. The van der Waals surface area contributed by atoms with Crippen molar-refractivity contribution in [2.45, 2.75) is 0 Å². The number of halogens is 4. The molecule has 0 aliphatic rings. The molecule has 0 unspecified atom stereocenters. The van der Waals surface area contributed by atoms with Crippen LogP contribution in [-0.2, 0) is 4.57 Å². The molecular formula is C42H29F4NO2P2. The molecule has 0 radical (unpaired) electrons. The maximum atomic E-state index is 15.4. The van der Waals surface area contributed by atoms with Crippen LogP contribution in [0.5, 0.6) is 0 Å². The molecular weight excluding hydrogens is 688 g/mol. The van der Waals surface area contributed by atoms with E-state index in [1.54, 1.807) is 24.3 Å². The summed E-state index contributed by atoms with van der Waals surface area (Å²) in [6.45, 7) is 0. The third-order valence-corrected chi connectivity index (χ3v) is 14.4. The van der Waals surface area contributed by atoms with Crippen LogP contribution in [0.3, 0.4) is 0 Å². The molecule has 1 heterocycles. The molecule has 51 heavy (non-hydrogen) atoms. The van der Waals surface area contributed by atoms with Gasteiger partial charge in [0.05, 0.1) is 11.0 Å². The van der Waals surface area contributed by atoms with Gasteiger partial charge in [0.2, 0.25) is 0 Å². The number of hydrogen-bond acceptors (Lipinski definition) is 1. The van der Waals surface area contributed by atoms with E-state index < -0.39 is 26.7 Å². The minimum atomic E-state index is -3.61. The molecule has 7 aromatic carbocycles. The number of nitrogens with zero attached hydrogens (tertiary/aromatic N) is 1. The highest BCUT2D eigenvalue weighted by Gasteiger charge is 2.31. The van der Waals surface area contributed by atoms with Crippen molar-refractivity contribution in [1.29, 1.82) is 0 Å². The Bertz CT molecular complexity index is 2440. The molecule has 0 spiro atoms. The molecule has 3 nitrogen and oxygen atoms in total. The zero-order valence-electron chi connectivity index (χ0n) is 26.9. The van der Waals surface area contributed by atoms with Crippen molar-refractivity contribution < 1.29 is 27.6 Å². The van der Waals surface area contributed by atoms with E-state index >= 15 is 4.57 Å². The Labute approximate surface area is 292 Å². The van der Waals surface area contributed by atoms with E-state index in [0.717, 1.165) is 43.4 Å². The molecule has 0 bridgehead atoms. The Morgan fingerprint density at radius 3 is 1.31 bits per heavy atom. The molecule has 0 aliphatic carbocycles. The number of para-hydroxylation sites is 1. The predicted molar refractivity (Wildman–Crippen MR) is 202 cm³/mol. The second-order valence-corrected chi connectivity index (χ2v) is 16.9. The van der Waals surface area contributed by atoms with E-state index in [0.29, 0.717) is 15.9 Å². The minimum absolute atomic E-state index is 0. The third kappa shape index (κ3) is 6.19. The lowest BCUT2D eigenvalue weighted by Crippen LogP contribution is -2.25. The predicted octanol–water partition coefficient (Wildman–Crippen LogP) is 7.91. The molecule has 8 aromatic rings. The molecule has 0 aliphatic heterocycles. The monoisotopic (exact) mass is 717 g/mol. The van der Waals surface area contributed by atoms with Crippen molar-refractivity contribution in [2.24, 2.45) is 0 Å². The van der Waals surface area contributed by atoms with E-state index in [2.05, 4.69) is 22.8 Å². The Morgan fingerprint density at radius 1 is 0.431 bits per heavy atom. The maximum Gasteiger partial charge on any atom is 0.171 e. The normalized spacial score (nSPS) is 11.6. The molecule has 9 heteroatoms. The molecule has 2 N–H and O–H groups in total. The maximum absolute atomic E-state index is 15.4. The standard InChI is InChI=1S/C42H27F4NOP2.H2O/c43-28-6-14-33(15-7-28)49(34-16-8-29(44)9-17-34)35-18-24-41-39(26-35)40-27-38(23-25-42(40)47(41)32-4-2-1-3-5-32)50(48,36-19-10-30(45)11-20-36)37-21-12-31(46)13-22-37;/h1-27H;1H2. The van der Waals surface area contributed by atoms with Gasteiger partial charge >= 0.3 is 0 Å². The van der Waals surface area contributed by atoms with Gasteiger partial charge in [-0.2, -0.15) is 0 Å². The Morgan fingerprint density at radius 2 is 0.824 bits per heavy atom. The first-order valence-electron chi connectivity index (χ1n) is 15.9. The van der Waals surface area contributed by atoms with Crippen LogP contribution in [0.15, 0.2) is 164 Å². The smallest absolute Gasteiger partial charge is 0.171 e. The summed E-state index contributed by atoms with van der Waals surface area (Å²) >= 11 is 0. The summed E-state index contributed by atoms with van der Waals surface area (Å²) in [4.78, 5) is 0. The molecule has 252 valence electrons. The summed E-state index contributed by atoms with van der Waals surface area (Å²) in [6.07, 6.45) is 0. The van der Waals surface area contributed by atoms with Gasteiger partial charge in [-0.3, -0.25) is 0 Å². The fourth-order valence-corrected chi connectivity index (χ4v) is 11.5. The van der Waals surface area contributed by atoms with E-state index in [9.17, 15) is 17.6 Å². The summed E-state index contributed by atoms with van der Waals surface area (Å²) < 4.78 is 73.9. The lowest BCUT2D eigenvalue weighted by molar-refractivity contribution is 0.592. The van der Waals surface area contributed by atoms with E-state index in [1.165, 1.54) is 72.8 Å². The van der Waals surface area contributed by atoms with Gasteiger partial charge in [0.1, 0.15) is 23.3 Å². The topological polar surface area (TPSA) is 53.5 Å². The number of rotatable bonds is 7. The molecule has 0 saturated carbocycles. The Hall–Kier alpha value is -5.32. The molecule has 8 rings (SSSR count). The fraction of sp³-hybridized carbons (Fsp3) is 0. The van der Waals surface area contributed by atoms with Gasteiger partial charge in [0, 0.05) is 32.4 Å². The van der Waals surface area contributed by atoms with Crippen LogP contribution in [-0.4, -0.2) is 10.0 Å². The summed E-state index contributed by atoms with van der Waals surface area (Å²) in [5.41, 5.74) is 2.73. The van der Waals surface area contributed by atoms with Gasteiger partial charge < -0.3 is 14.6 Å². The van der Waals surface area contributed by atoms with Crippen LogP contribution in [0.1, 0.15) is 0 Å². The fourth-order valence-electron chi connectivity index (χ4n) is 6.57. The average molecular weight is 718 g/mol. The molecule has 1 aromatic heterocycles. The summed E-state index contributed by atoms with van der Waals surface area (Å²) in [6, 6.07) is 45.9. The van der Waals surface area contributed by atoms with Gasteiger partial charge in [-0.05, 0) is 139 Å². The largest absolute Gasteiger partial charge is 0.412 e. The van der Waals surface area contributed by atoms with Crippen molar-refractivity contribution in [3.63, 3.8) is 0 Å². The Balaban J connectivity index is 0.00000406. The zero-order chi connectivity index (χ0) is 34.4. The van der Waals surface area contributed by atoms with Crippen LogP contribution in [0.4, 0.5) is 17.6 Å². The van der Waals surface area contributed by atoms with Gasteiger partial charge in [-0.25, -0.2) is 17.6 Å². The van der Waals surface area contributed by atoms with Gasteiger partial charge in [-0.15, -0.1) is 0 Å². The van der Waals surface area contributed by atoms with Gasteiger partial charge in [0.15, 0.2) is 7.14 Å². The molecule has 0 fully saturated rings. The molecule has 0 atom stereocenters. The quantitative estimate of drug-likeness (QED) is 0.122. The number of fused-ring (bicyclic) bond motifs is 3. The zero-order valence-corrected chi connectivity index (χ0v) is 28.6. The van der Waals surface area contributed by atoms with Gasteiger partial charge in [-0.1, -0.05) is 48.5 Å². The van der Waals surface area contributed by atoms with Crippen molar-refractivity contribution in [1.82, 2.24) is 4.57 Å². The minimum Gasteiger partial charge on any atom is -0.412 e.